The fourth-order valence-electron chi connectivity index (χ4n) is 3.30. The van der Waals surface area contributed by atoms with Crippen LogP contribution < -0.4 is 5.32 Å². The molecule has 4 rings (SSSR count). The summed E-state index contributed by atoms with van der Waals surface area (Å²) in [7, 11) is 0. The molecule has 0 spiro atoms. The summed E-state index contributed by atoms with van der Waals surface area (Å²) < 4.78 is 1.60. The minimum absolute atomic E-state index is 0.0527. The van der Waals surface area contributed by atoms with Crippen LogP contribution in [-0.2, 0) is 0 Å². The van der Waals surface area contributed by atoms with E-state index in [1.54, 1.807) is 15.8 Å². The molecular weight excluding hydrogens is 374 g/mol. The van der Waals surface area contributed by atoms with Crippen LogP contribution in [0.4, 0.5) is 0 Å². The van der Waals surface area contributed by atoms with Crippen molar-refractivity contribution in [3.63, 3.8) is 0 Å². The first-order chi connectivity index (χ1) is 13.5. The number of piperidine rings is 1. The zero-order valence-electron chi connectivity index (χ0n) is 15.5. The van der Waals surface area contributed by atoms with Gasteiger partial charge in [0, 0.05) is 18.6 Å². The van der Waals surface area contributed by atoms with Gasteiger partial charge in [0.05, 0.1) is 16.8 Å². The molecule has 2 amide bonds. The summed E-state index contributed by atoms with van der Waals surface area (Å²) >= 11 is 1.43. The third-order valence-corrected chi connectivity index (χ3v) is 5.92. The molecule has 1 aromatic carbocycles. The molecule has 7 nitrogen and oxygen atoms in total. The number of para-hydroxylation sites is 1. The average molecular weight is 395 g/mol. The van der Waals surface area contributed by atoms with Gasteiger partial charge in [0.2, 0.25) is 0 Å². The van der Waals surface area contributed by atoms with Crippen molar-refractivity contribution in [2.75, 3.05) is 13.1 Å². The summed E-state index contributed by atoms with van der Waals surface area (Å²) in [6, 6.07) is 13.2. The van der Waals surface area contributed by atoms with E-state index in [2.05, 4.69) is 15.6 Å². The van der Waals surface area contributed by atoms with Gasteiger partial charge in [-0.25, -0.2) is 4.68 Å². The van der Waals surface area contributed by atoms with E-state index in [1.807, 2.05) is 54.8 Å². The Labute approximate surface area is 167 Å². The second kappa shape index (κ2) is 7.55. The highest BCUT2D eigenvalue weighted by Gasteiger charge is 2.34. The molecular formula is C20H21N5O2S. The van der Waals surface area contributed by atoms with Gasteiger partial charge in [-0.3, -0.25) is 9.59 Å². The summed E-state index contributed by atoms with van der Waals surface area (Å²) in [6.07, 6.45) is 3.05. The Bertz CT molecular complexity index is 960. The highest BCUT2D eigenvalue weighted by molar-refractivity contribution is 7.12. The highest BCUT2D eigenvalue weighted by atomic mass is 32.1. The number of amides is 2. The van der Waals surface area contributed by atoms with Gasteiger partial charge in [0.25, 0.3) is 11.8 Å². The molecule has 1 aliphatic heterocycles. The molecule has 28 heavy (non-hydrogen) atoms. The van der Waals surface area contributed by atoms with Crippen molar-refractivity contribution < 1.29 is 9.59 Å². The van der Waals surface area contributed by atoms with E-state index < -0.39 is 0 Å². The number of aromatic nitrogens is 3. The molecule has 0 bridgehead atoms. The Morgan fingerprint density at radius 3 is 2.54 bits per heavy atom. The zero-order valence-corrected chi connectivity index (χ0v) is 16.4. The Morgan fingerprint density at radius 1 is 1.11 bits per heavy atom. The van der Waals surface area contributed by atoms with Crippen LogP contribution in [0.15, 0.2) is 54.0 Å². The molecule has 1 N–H and O–H groups in total. The fourth-order valence-corrected chi connectivity index (χ4v) is 3.92. The predicted molar refractivity (Wildman–Crippen MR) is 107 cm³/mol. The first-order valence-corrected chi connectivity index (χ1v) is 10.1. The third-order valence-electron chi connectivity index (χ3n) is 5.05. The molecule has 8 heteroatoms. The van der Waals surface area contributed by atoms with Gasteiger partial charge in [-0.15, -0.1) is 16.4 Å². The number of carbonyl (C=O) groups excluding carboxylic acids is 2. The number of thiophene rings is 1. The van der Waals surface area contributed by atoms with E-state index in [-0.39, 0.29) is 17.4 Å². The van der Waals surface area contributed by atoms with Gasteiger partial charge >= 0.3 is 0 Å². The minimum atomic E-state index is -0.320. The number of rotatable bonds is 4. The van der Waals surface area contributed by atoms with Gasteiger partial charge in [-0.2, -0.15) is 0 Å². The van der Waals surface area contributed by atoms with Crippen LogP contribution in [0.25, 0.3) is 5.69 Å². The van der Waals surface area contributed by atoms with E-state index in [9.17, 15) is 9.59 Å². The van der Waals surface area contributed by atoms with Crippen molar-refractivity contribution in [2.45, 2.75) is 25.3 Å². The summed E-state index contributed by atoms with van der Waals surface area (Å²) in [5, 5.41) is 13.1. The Kier molecular flexibility index (Phi) is 4.95. The molecule has 0 saturated carbocycles. The molecule has 1 fully saturated rings. The number of carbonyl (C=O) groups is 2. The summed E-state index contributed by atoms with van der Waals surface area (Å²) in [5.41, 5.74) is 0.867. The topological polar surface area (TPSA) is 80.1 Å². The van der Waals surface area contributed by atoms with Crippen LogP contribution in [0.2, 0.25) is 0 Å². The van der Waals surface area contributed by atoms with Crippen molar-refractivity contribution >= 4 is 23.2 Å². The number of benzene rings is 1. The van der Waals surface area contributed by atoms with Crippen LogP contribution in [0.3, 0.4) is 0 Å². The number of nitrogens with zero attached hydrogens (tertiary/aromatic N) is 4. The molecule has 1 saturated heterocycles. The first-order valence-electron chi connectivity index (χ1n) is 9.17. The van der Waals surface area contributed by atoms with E-state index in [0.29, 0.717) is 36.5 Å². The Morgan fingerprint density at radius 2 is 1.86 bits per heavy atom. The molecule has 0 unspecified atom stereocenters. The lowest BCUT2D eigenvalue weighted by atomic mass is 9.89. The van der Waals surface area contributed by atoms with Crippen molar-refractivity contribution in [1.29, 1.82) is 0 Å². The van der Waals surface area contributed by atoms with Gasteiger partial charge in [-0.1, -0.05) is 29.5 Å². The van der Waals surface area contributed by atoms with Crippen molar-refractivity contribution in [3.8, 4) is 5.69 Å². The van der Waals surface area contributed by atoms with E-state index in [1.165, 1.54) is 11.3 Å². The van der Waals surface area contributed by atoms with Crippen LogP contribution in [0.1, 0.15) is 39.9 Å². The van der Waals surface area contributed by atoms with Crippen molar-refractivity contribution in [3.05, 3.63) is 64.6 Å². The number of likely N-dealkylation sites (tertiary alicyclic amines) is 1. The molecule has 0 radical (unpaired) electrons. The minimum Gasteiger partial charge on any atom is -0.346 e. The normalized spacial score (nSPS) is 16.0. The van der Waals surface area contributed by atoms with Crippen LogP contribution in [0, 0.1) is 0 Å². The van der Waals surface area contributed by atoms with Gasteiger partial charge in [0.15, 0.2) is 5.69 Å². The maximum Gasteiger partial charge on any atom is 0.276 e. The molecule has 2 aromatic heterocycles. The second-order valence-electron chi connectivity index (χ2n) is 7.17. The van der Waals surface area contributed by atoms with E-state index in [0.717, 1.165) is 5.69 Å². The van der Waals surface area contributed by atoms with Gasteiger partial charge in [-0.05, 0) is 43.3 Å². The smallest absolute Gasteiger partial charge is 0.276 e. The lowest BCUT2D eigenvalue weighted by molar-refractivity contribution is 0.0633. The fraction of sp³-hybridized carbons (Fsp3) is 0.300. The quantitative estimate of drug-likeness (QED) is 0.737. The summed E-state index contributed by atoms with van der Waals surface area (Å²) in [5.74, 6) is -0.183. The maximum atomic E-state index is 12.8. The van der Waals surface area contributed by atoms with E-state index >= 15 is 0 Å². The van der Waals surface area contributed by atoms with Crippen LogP contribution in [-0.4, -0.2) is 50.3 Å². The average Bonchev–Trinajstić information content (AvgIpc) is 3.41. The largest absolute Gasteiger partial charge is 0.346 e. The second-order valence-corrected chi connectivity index (χ2v) is 8.12. The van der Waals surface area contributed by atoms with Gasteiger partial charge < -0.3 is 10.2 Å². The maximum absolute atomic E-state index is 12.8. The summed E-state index contributed by atoms with van der Waals surface area (Å²) in [6.45, 7) is 3.17. The molecule has 144 valence electrons. The van der Waals surface area contributed by atoms with E-state index in [4.69, 9.17) is 0 Å². The number of nitrogens with one attached hydrogen (secondary N) is 1. The molecule has 3 heterocycles. The van der Waals surface area contributed by atoms with Crippen molar-refractivity contribution in [2.24, 2.45) is 0 Å². The predicted octanol–water partition coefficient (Wildman–Crippen LogP) is 2.75. The molecule has 0 aliphatic carbocycles. The SMILES string of the molecule is CC1(NC(=O)c2cccs2)CCN(C(=O)c2cn(-c3ccccc3)nn2)CC1. The lowest BCUT2D eigenvalue weighted by Gasteiger charge is -2.39. The monoisotopic (exact) mass is 395 g/mol. The zero-order chi connectivity index (χ0) is 19.6. The molecule has 3 aromatic rings. The van der Waals surface area contributed by atoms with Crippen LogP contribution in [0.5, 0.6) is 0 Å². The highest BCUT2D eigenvalue weighted by Crippen LogP contribution is 2.24. The first kappa shape index (κ1) is 18.4. The third kappa shape index (κ3) is 3.82. The lowest BCUT2D eigenvalue weighted by Crippen LogP contribution is -2.54. The Hall–Kier alpha value is -3.00. The molecule has 1 aliphatic rings. The van der Waals surface area contributed by atoms with Gasteiger partial charge in [0.1, 0.15) is 0 Å². The number of hydrogen-bond donors (Lipinski definition) is 1. The molecule has 0 atom stereocenters. The number of hydrogen-bond acceptors (Lipinski definition) is 5. The standard InChI is InChI=1S/C20H21N5O2S/c1-20(21-18(26)17-8-5-13-28-17)9-11-24(12-10-20)19(27)16-14-25(23-22-16)15-6-3-2-4-7-15/h2-8,13-14H,9-12H2,1H3,(H,21,26). The summed E-state index contributed by atoms with van der Waals surface area (Å²) in [4.78, 5) is 27.6. The van der Waals surface area contributed by atoms with Crippen LogP contribution >= 0.6 is 11.3 Å². The van der Waals surface area contributed by atoms with Crippen molar-refractivity contribution in [1.82, 2.24) is 25.2 Å². The Balaban J connectivity index is 1.38.